The van der Waals surface area contributed by atoms with Gasteiger partial charge in [0, 0.05) is 12.6 Å². The van der Waals surface area contributed by atoms with Crippen molar-refractivity contribution >= 4 is 5.97 Å². The fourth-order valence-electron chi connectivity index (χ4n) is 3.09. The molecule has 4 nitrogen and oxygen atoms in total. The first-order valence-corrected chi connectivity index (χ1v) is 8.17. The summed E-state index contributed by atoms with van der Waals surface area (Å²) in [5.74, 6) is 0.882. The van der Waals surface area contributed by atoms with E-state index < -0.39 is 0 Å². The average Bonchev–Trinajstić information content (AvgIpc) is 2.56. The van der Waals surface area contributed by atoms with E-state index in [4.69, 9.17) is 9.47 Å². The summed E-state index contributed by atoms with van der Waals surface area (Å²) in [7, 11) is 1.68. The predicted octanol–water partition coefficient (Wildman–Crippen LogP) is 2.90. The second-order valence-corrected chi connectivity index (χ2v) is 5.99. The highest BCUT2D eigenvalue weighted by Gasteiger charge is 2.29. The zero-order valence-electron chi connectivity index (χ0n) is 13.9. The highest BCUT2D eigenvalue weighted by Crippen LogP contribution is 2.22. The van der Waals surface area contributed by atoms with Gasteiger partial charge in [-0.3, -0.25) is 9.69 Å². The highest BCUT2D eigenvalue weighted by atomic mass is 16.5. The van der Waals surface area contributed by atoms with Crippen LogP contribution in [0.15, 0.2) is 24.3 Å². The number of carbonyl (C=O) groups is 1. The number of likely N-dealkylation sites (tertiary alicyclic amines) is 1. The summed E-state index contributed by atoms with van der Waals surface area (Å²) in [6, 6.07) is 8.65. The third-order valence-electron chi connectivity index (χ3n) is 4.39. The summed E-state index contributed by atoms with van der Waals surface area (Å²) < 4.78 is 10.4. The average molecular weight is 305 g/mol. The third-order valence-corrected chi connectivity index (χ3v) is 4.39. The molecule has 1 aromatic rings. The van der Waals surface area contributed by atoms with Gasteiger partial charge in [0.15, 0.2) is 0 Å². The van der Waals surface area contributed by atoms with Gasteiger partial charge in [-0.2, -0.15) is 0 Å². The van der Waals surface area contributed by atoms with Gasteiger partial charge >= 0.3 is 5.97 Å². The van der Waals surface area contributed by atoms with Crippen molar-refractivity contribution in [1.82, 2.24) is 4.90 Å². The number of nitrogens with zero attached hydrogens (tertiary/aromatic N) is 1. The molecule has 0 amide bonds. The smallest absolute Gasteiger partial charge is 0.310 e. The minimum absolute atomic E-state index is 0.0343. The first kappa shape index (κ1) is 16.8. The molecule has 0 saturated carbocycles. The second kappa shape index (κ2) is 8.18. The van der Waals surface area contributed by atoms with E-state index in [9.17, 15) is 4.79 Å². The minimum Gasteiger partial charge on any atom is -0.497 e. The van der Waals surface area contributed by atoms with E-state index in [0.29, 0.717) is 12.6 Å². The van der Waals surface area contributed by atoms with Crippen LogP contribution in [0, 0.1) is 5.92 Å². The van der Waals surface area contributed by atoms with Crippen molar-refractivity contribution in [1.29, 1.82) is 0 Å². The Kier molecular flexibility index (Phi) is 6.25. The molecule has 22 heavy (non-hydrogen) atoms. The van der Waals surface area contributed by atoms with Gasteiger partial charge in [-0.05, 0) is 57.4 Å². The van der Waals surface area contributed by atoms with Crippen molar-refractivity contribution in [2.75, 3.05) is 26.8 Å². The standard InChI is InChI=1S/C18H27NO3/c1-4-22-18(20)16-6-5-11-19(13-16)14(2)12-15-7-9-17(21-3)10-8-15/h7-10,14,16H,4-6,11-13H2,1-3H3/t14-,16+/m0/s1. The molecule has 0 spiro atoms. The van der Waals surface area contributed by atoms with Gasteiger partial charge in [-0.25, -0.2) is 0 Å². The van der Waals surface area contributed by atoms with Gasteiger partial charge in [-0.1, -0.05) is 12.1 Å². The molecule has 1 aliphatic heterocycles. The number of ether oxygens (including phenoxy) is 2. The fourth-order valence-corrected chi connectivity index (χ4v) is 3.09. The second-order valence-electron chi connectivity index (χ2n) is 5.99. The molecule has 1 aromatic carbocycles. The quantitative estimate of drug-likeness (QED) is 0.758. The zero-order chi connectivity index (χ0) is 15.9. The van der Waals surface area contributed by atoms with E-state index in [1.54, 1.807) is 7.11 Å². The number of benzene rings is 1. The number of carbonyl (C=O) groups excluding carboxylic acids is 1. The third kappa shape index (κ3) is 4.47. The van der Waals surface area contributed by atoms with Crippen LogP contribution >= 0.6 is 0 Å². The maximum Gasteiger partial charge on any atom is 0.310 e. The SMILES string of the molecule is CCOC(=O)[C@@H]1CCCN([C@@H](C)Cc2ccc(OC)cc2)C1. The summed E-state index contributed by atoms with van der Waals surface area (Å²) in [5.41, 5.74) is 1.30. The van der Waals surface area contributed by atoms with Crippen molar-refractivity contribution in [3.8, 4) is 5.75 Å². The summed E-state index contributed by atoms with van der Waals surface area (Å²) in [5, 5.41) is 0. The molecule has 0 radical (unpaired) electrons. The predicted molar refractivity (Wildman–Crippen MR) is 87.1 cm³/mol. The van der Waals surface area contributed by atoms with Crippen LogP contribution in [0.4, 0.5) is 0 Å². The van der Waals surface area contributed by atoms with Crippen molar-refractivity contribution < 1.29 is 14.3 Å². The lowest BCUT2D eigenvalue weighted by atomic mass is 9.95. The summed E-state index contributed by atoms with van der Waals surface area (Å²) in [4.78, 5) is 14.3. The van der Waals surface area contributed by atoms with Crippen molar-refractivity contribution in [3.63, 3.8) is 0 Å². The summed E-state index contributed by atoms with van der Waals surface area (Å²) in [6.07, 6.45) is 3.00. The van der Waals surface area contributed by atoms with Gasteiger partial charge in [0.05, 0.1) is 19.6 Å². The molecule has 2 rings (SSSR count). The number of methoxy groups -OCH3 is 1. The molecular formula is C18H27NO3. The Labute approximate surface area is 133 Å². The van der Waals surface area contributed by atoms with E-state index in [2.05, 4.69) is 24.0 Å². The molecule has 0 N–H and O–H groups in total. The van der Waals surface area contributed by atoms with Crippen LogP contribution in [0.25, 0.3) is 0 Å². The first-order valence-electron chi connectivity index (χ1n) is 8.17. The molecule has 1 fully saturated rings. The number of rotatable bonds is 6. The fraction of sp³-hybridized carbons (Fsp3) is 0.611. The largest absolute Gasteiger partial charge is 0.497 e. The molecule has 1 aliphatic rings. The highest BCUT2D eigenvalue weighted by molar-refractivity contribution is 5.72. The van der Waals surface area contributed by atoms with E-state index in [1.807, 2.05) is 19.1 Å². The maximum absolute atomic E-state index is 11.9. The lowest BCUT2D eigenvalue weighted by Gasteiger charge is -2.36. The Morgan fingerprint density at radius 2 is 2.09 bits per heavy atom. The Hall–Kier alpha value is -1.55. The molecular weight excluding hydrogens is 278 g/mol. The normalized spacial score (nSPS) is 20.4. The Morgan fingerprint density at radius 3 is 2.73 bits per heavy atom. The van der Waals surface area contributed by atoms with Crippen molar-refractivity contribution in [3.05, 3.63) is 29.8 Å². The number of esters is 1. The van der Waals surface area contributed by atoms with E-state index >= 15 is 0 Å². The number of piperidine rings is 1. The summed E-state index contributed by atoms with van der Waals surface area (Å²) in [6.45, 7) is 6.45. The monoisotopic (exact) mass is 305 g/mol. The lowest BCUT2D eigenvalue weighted by molar-refractivity contribution is -0.150. The van der Waals surface area contributed by atoms with Gasteiger partial charge in [0.1, 0.15) is 5.75 Å². The van der Waals surface area contributed by atoms with E-state index in [1.165, 1.54) is 5.56 Å². The molecule has 4 heteroatoms. The van der Waals surface area contributed by atoms with Crippen LogP contribution in [0.5, 0.6) is 5.75 Å². The van der Waals surface area contributed by atoms with E-state index in [-0.39, 0.29) is 11.9 Å². The topological polar surface area (TPSA) is 38.8 Å². The van der Waals surface area contributed by atoms with Gasteiger partial charge in [-0.15, -0.1) is 0 Å². The minimum atomic E-state index is -0.0381. The van der Waals surface area contributed by atoms with Gasteiger partial charge < -0.3 is 9.47 Å². The van der Waals surface area contributed by atoms with Crippen LogP contribution in [-0.2, 0) is 16.0 Å². The lowest BCUT2D eigenvalue weighted by Crippen LogP contribution is -2.44. The van der Waals surface area contributed by atoms with Gasteiger partial charge in [0.25, 0.3) is 0 Å². The van der Waals surface area contributed by atoms with Crippen LogP contribution in [0.2, 0.25) is 0 Å². The Balaban J connectivity index is 1.90. The Bertz CT molecular complexity index is 472. The molecule has 1 saturated heterocycles. The van der Waals surface area contributed by atoms with Crippen molar-refractivity contribution in [2.24, 2.45) is 5.92 Å². The molecule has 0 aromatic heterocycles. The molecule has 2 atom stereocenters. The molecule has 0 aliphatic carbocycles. The molecule has 1 heterocycles. The Morgan fingerprint density at radius 1 is 1.36 bits per heavy atom. The van der Waals surface area contributed by atoms with Crippen LogP contribution in [-0.4, -0.2) is 43.7 Å². The maximum atomic E-state index is 11.9. The first-order chi connectivity index (χ1) is 10.6. The van der Waals surface area contributed by atoms with E-state index in [0.717, 1.165) is 38.1 Å². The molecule has 122 valence electrons. The number of hydrogen-bond donors (Lipinski definition) is 0. The molecule has 0 bridgehead atoms. The van der Waals surface area contributed by atoms with Gasteiger partial charge in [0.2, 0.25) is 0 Å². The van der Waals surface area contributed by atoms with Crippen LogP contribution in [0.1, 0.15) is 32.3 Å². The summed E-state index contributed by atoms with van der Waals surface area (Å²) >= 11 is 0. The zero-order valence-corrected chi connectivity index (χ0v) is 13.9. The van der Waals surface area contributed by atoms with Crippen molar-refractivity contribution in [2.45, 2.75) is 39.2 Å². The van der Waals surface area contributed by atoms with Crippen LogP contribution < -0.4 is 4.74 Å². The molecule has 0 unspecified atom stereocenters. The van der Waals surface area contributed by atoms with Crippen LogP contribution in [0.3, 0.4) is 0 Å². The number of hydrogen-bond acceptors (Lipinski definition) is 4.